The molecule has 0 aliphatic heterocycles. The molecule has 6 heteroatoms. The highest BCUT2D eigenvalue weighted by Gasteiger charge is 2.23. The molecule has 27 heavy (non-hydrogen) atoms. The second kappa shape index (κ2) is 9.04. The van der Waals surface area contributed by atoms with Crippen molar-refractivity contribution in [3.8, 4) is 0 Å². The van der Waals surface area contributed by atoms with E-state index >= 15 is 0 Å². The fourth-order valence-electron chi connectivity index (χ4n) is 2.49. The van der Waals surface area contributed by atoms with Gasteiger partial charge in [-0.3, -0.25) is 4.79 Å². The number of likely N-dealkylation sites (N-methyl/N-ethyl adjacent to an activating group) is 1. The monoisotopic (exact) mass is 432 g/mol. The number of amides is 2. The lowest BCUT2D eigenvalue weighted by Gasteiger charge is -2.25. The summed E-state index contributed by atoms with van der Waals surface area (Å²) >= 11 is 3.43. The topological polar surface area (TPSA) is 58.6 Å². The van der Waals surface area contributed by atoms with Crippen LogP contribution >= 0.6 is 15.9 Å². The number of hydrogen-bond acceptors (Lipinski definition) is 3. The summed E-state index contributed by atoms with van der Waals surface area (Å²) < 4.78 is 6.26. The van der Waals surface area contributed by atoms with Crippen molar-refractivity contribution >= 4 is 27.9 Å². The van der Waals surface area contributed by atoms with E-state index in [0.717, 1.165) is 15.6 Å². The molecular formula is C21H25BrN2O3. The average molecular weight is 433 g/mol. The minimum Gasteiger partial charge on any atom is -0.444 e. The molecule has 0 radical (unpaired) electrons. The first-order valence-corrected chi connectivity index (χ1v) is 9.49. The van der Waals surface area contributed by atoms with Gasteiger partial charge in [-0.1, -0.05) is 58.4 Å². The quantitative estimate of drug-likeness (QED) is 0.755. The van der Waals surface area contributed by atoms with Gasteiger partial charge in [-0.2, -0.15) is 0 Å². The molecular weight excluding hydrogens is 408 g/mol. The zero-order chi connectivity index (χ0) is 20.0. The molecule has 2 amide bonds. The summed E-state index contributed by atoms with van der Waals surface area (Å²) in [4.78, 5) is 25.9. The van der Waals surface area contributed by atoms with E-state index in [1.54, 1.807) is 27.8 Å². The molecule has 1 unspecified atom stereocenters. The first-order valence-electron chi connectivity index (χ1n) is 8.69. The summed E-state index contributed by atoms with van der Waals surface area (Å²) in [5.41, 5.74) is 1.32. The Balaban J connectivity index is 2.12. The van der Waals surface area contributed by atoms with E-state index in [-0.39, 0.29) is 18.5 Å². The number of hydrogen-bond donors (Lipinski definition) is 1. The summed E-state index contributed by atoms with van der Waals surface area (Å²) in [6, 6.07) is 17.2. The molecule has 0 aliphatic carbocycles. The van der Waals surface area contributed by atoms with Crippen molar-refractivity contribution in [2.24, 2.45) is 0 Å². The second-order valence-corrected chi connectivity index (χ2v) is 8.21. The van der Waals surface area contributed by atoms with E-state index in [4.69, 9.17) is 4.74 Å². The normalized spacial score (nSPS) is 12.2. The minimum absolute atomic E-state index is 0.0885. The van der Waals surface area contributed by atoms with Crippen LogP contribution in [0.5, 0.6) is 0 Å². The molecule has 0 aromatic heterocycles. The highest BCUT2D eigenvalue weighted by molar-refractivity contribution is 9.10. The Hall–Kier alpha value is -2.34. The van der Waals surface area contributed by atoms with Gasteiger partial charge in [0.15, 0.2) is 0 Å². The van der Waals surface area contributed by atoms with Gasteiger partial charge in [-0.05, 0) is 44.0 Å². The molecule has 1 N–H and O–H groups in total. The Labute approximate surface area is 168 Å². The lowest BCUT2D eigenvalue weighted by atomic mass is 9.99. The number of benzene rings is 2. The molecule has 0 bridgehead atoms. The van der Waals surface area contributed by atoms with E-state index in [1.165, 1.54) is 4.90 Å². The number of nitrogens with zero attached hydrogens (tertiary/aromatic N) is 1. The Morgan fingerprint density at radius 1 is 1.04 bits per heavy atom. The summed E-state index contributed by atoms with van der Waals surface area (Å²) in [6.07, 6.45) is -0.530. The van der Waals surface area contributed by atoms with Crippen LogP contribution in [0.25, 0.3) is 0 Å². The predicted octanol–water partition coefficient (Wildman–Crippen LogP) is 4.52. The lowest BCUT2D eigenvalue weighted by molar-refractivity contribution is -0.122. The van der Waals surface area contributed by atoms with Gasteiger partial charge in [0.05, 0.1) is 6.04 Å². The van der Waals surface area contributed by atoms with Crippen LogP contribution in [0.15, 0.2) is 59.1 Å². The van der Waals surface area contributed by atoms with Crippen LogP contribution in [0.2, 0.25) is 0 Å². The molecule has 144 valence electrons. The number of halogens is 1. The molecule has 2 aromatic carbocycles. The number of ether oxygens (including phenoxy) is 1. The lowest BCUT2D eigenvalue weighted by Crippen LogP contribution is -2.42. The van der Waals surface area contributed by atoms with Crippen molar-refractivity contribution in [1.29, 1.82) is 0 Å². The number of rotatable bonds is 5. The predicted molar refractivity (Wildman–Crippen MR) is 109 cm³/mol. The fourth-order valence-corrected chi connectivity index (χ4v) is 2.75. The van der Waals surface area contributed by atoms with Crippen LogP contribution in [0, 0.1) is 0 Å². The second-order valence-electron chi connectivity index (χ2n) is 7.30. The number of carbonyl (C=O) groups excluding carboxylic acids is 2. The maximum atomic E-state index is 12.6. The fraction of sp³-hybridized carbons (Fsp3) is 0.333. The Kier molecular flexibility index (Phi) is 7.02. The average Bonchev–Trinajstić information content (AvgIpc) is 2.60. The first-order chi connectivity index (χ1) is 12.7. The highest BCUT2D eigenvalue weighted by Crippen LogP contribution is 2.23. The van der Waals surface area contributed by atoms with Crippen LogP contribution in [0.1, 0.15) is 37.9 Å². The molecule has 2 aromatic rings. The van der Waals surface area contributed by atoms with Crippen molar-refractivity contribution in [3.05, 3.63) is 70.2 Å². The molecule has 0 saturated heterocycles. The van der Waals surface area contributed by atoms with Gasteiger partial charge in [0.2, 0.25) is 5.91 Å². The third-order valence-corrected chi connectivity index (χ3v) is 4.26. The van der Waals surface area contributed by atoms with E-state index in [0.29, 0.717) is 0 Å². The molecule has 1 atom stereocenters. The molecule has 0 saturated carbocycles. The first kappa shape index (κ1) is 21.0. The van der Waals surface area contributed by atoms with Crippen LogP contribution < -0.4 is 5.32 Å². The van der Waals surface area contributed by atoms with Gasteiger partial charge in [0.1, 0.15) is 12.1 Å². The number of nitrogens with one attached hydrogen (secondary N) is 1. The smallest absolute Gasteiger partial charge is 0.410 e. The van der Waals surface area contributed by atoms with Gasteiger partial charge >= 0.3 is 6.09 Å². The van der Waals surface area contributed by atoms with Crippen LogP contribution in [0.3, 0.4) is 0 Å². The Morgan fingerprint density at radius 3 is 2.15 bits per heavy atom. The minimum atomic E-state index is -0.605. The zero-order valence-electron chi connectivity index (χ0n) is 16.0. The third kappa shape index (κ3) is 6.71. The molecule has 0 heterocycles. The van der Waals surface area contributed by atoms with Gasteiger partial charge in [0.25, 0.3) is 0 Å². The maximum Gasteiger partial charge on any atom is 0.410 e. The largest absolute Gasteiger partial charge is 0.444 e. The van der Waals surface area contributed by atoms with Crippen molar-refractivity contribution < 1.29 is 14.3 Å². The van der Waals surface area contributed by atoms with E-state index in [2.05, 4.69) is 21.2 Å². The van der Waals surface area contributed by atoms with Crippen LogP contribution in [-0.2, 0) is 9.53 Å². The Morgan fingerprint density at radius 2 is 1.59 bits per heavy atom. The number of carbonyl (C=O) groups is 2. The van der Waals surface area contributed by atoms with E-state index in [1.807, 2.05) is 54.6 Å². The Bertz CT molecular complexity index is 770. The van der Waals surface area contributed by atoms with Crippen molar-refractivity contribution in [3.63, 3.8) is 0 Å². The van der Waals surface area contributed by atoms with Gasteiger partial charge in [-0.25, -0.2) is 4.79 Å². The van der Waals surface area contributed by atoms with Crippen LogP contribution in [0.4, 0.5) is 4.79 Å². The highest BCUT2D eigenvalue weighted by atomic mass is 79.9. The maximum absolute atomic E-state index is 12.6. The zero-order valence-corrected chi connectivity index (χ0v) is 17.6. The van der Waals surface area contributed by atoms with Crippen molar-refractivity contribution in [1.82, 2.24) is 10.2 Å². The molecule has 0 fully saturated rings. The molecule has 2 rings (SSSR count). The molecule has 0 aliphatic rings. The van der Waals surface area contributed by atoms with E-state index < -0.39 is 11.7 Å². The van der Waals surface area contributed by atoms with Crippen molar-refractivity contribution in [2.45, 2.75) is 32.4 Å². The molecule has 5 nitrogen and oxygen atoms in total. The summed E-state index contributed by atoms with van der Waals surface area (Å²) in [5, 5.41) is 3.01. The van der Waals surface area contributed by atoms with Gasteiger partial charge in [-0.15, -0.1) is 0 Å². The van der Waals surface area contributed by atoms with Crippen molar-refractivity contribution in [2.75, 3.05) is 13.6 Å². The van der Waals surface area contributed by atoms with Gasteiger partial charge < -0.3 is 15.0 Å². The summed E-state index contributed by atoms with van der Waals surface area (Å²) in [7, 11) is 1.55. The van der Waals surface area contributed by atoms with E-state index in [9.17, 15) is 9.59 Å². The third-order valence-electron chi connectivity index (χ3n) is 3.73. The summed E-state index contributed by atoms with van der Waals surface area (Å²) in [6.45, 7) is 5.28. The SMILES string of the molecule is CN(CC(=O)NC(c1ccccc1)c1ccc(Br)cc1)C(=O)OC(C)(C)C. The standard InChI is InChI=1S/C21H25BrN2O3/c1-21(2,3)27-20(26)24(4)14-18(25)23-19(15-8-6-5-7-9-15)16-10-12-17(22)13-11-16/h5-13,19H,14H2,1-4H3,(H,23,25). The van der Waals surface area contributed by atoms with Crippen LogP contribution in [-0.4, -0.2) is 36.1 Å². The summed E-state index contributed by atoms with van der Waals surface area (Å²) in [5.74, 6) is -0.264. The van der Waals surface area contributed by atoms with Gasteiger partial charge in [0, 0.05) is 11.5 Å². The molecule has 0 spiro atoms.